The number of likely N-dealkylation sites (N-methyl/N-ethyl adjacent to an activating group) is 1. The van der Waals surface area contributed by atoms with Crippen molar-refractivity contribution in [3.05, 3.63) is 0 Å². The standard InChI is InChI=1S/C11H26N2O/c1-6-7-12-10(2)8-13(4)11(3)9-14-5/h10-12H,6-9H2,1-5H3. The summed E-state index contributed by atoms with van der Waals surface area (Å²) in [5, 5.41) is 3.48. The minimum Gasteiger partial charge on any atom is -0.383 e. The molecule has 0 saturated heterocycles. The van der Waals surface area contributed by atoms with Crippen molar-refractivity contribution in [2.75, 3.05) is 33.9 Å². The summed E-state index contributed by atoms with van der Waals surface area (Å²) in [5.74, 6) is 0. The molecule has 2 atom stereocenters. The van der Waals surface area contributed by atoms with Gasteiger partial charge in [0.05, 0.1) is 6.61 Å². The van der Waals surface area contributed by atoms with Gasteiger partial charge >= 0.3 is 0 Å². The van der Waals surface area contributed by atoms with Gasteiger partial charge in [0.15, 0.2) is 0 Å². The molecule has 0 aliphatic heterocycles. The van der Waals surface area contributed by atoms with Crippen molar-refractivity contribution in [2.24, 2.45) is 0 Å². The average Bonchev–Trinajstić information content (AvgIpc) is 2.15. The van der Waals surface area contributed by atoms with Crippen LogP contribution >= 0.6 is 0 Å². The zero-order valence-corrected chi connectivity index (χ0v) is 10.3. The molecule has 0 fully saturated rings. The van der Waals surface area contributed by atoms with Gasteiger partial charge in [-0.3, -0.25) is 4.90 Å². The molecule has 1 N–H and O–H groups in total. The smallest absolute Gasteiger partial charge is 0.0615 e. The molecule has 0 radical (unpaired) electrons. The van der Waals surface area contributed by atoms with Gasteiger partial charge in [-0.25, -0.2) is 0 Å². The molecule has 14 heavy (non-hydrogen) atoms. The van der Waals surface area contributed by atoms with E-state index in [1.165, 1.54) is 6.42 Å². The van der Waals surface area contributed by atoms with E-state index in [9.17, 15) is 0 Å². The summed E-state index contributed by atoms with van der Waals surface area (Å²) < 4.78 is 5.13. The van der Waals surface area contributed by atoms with Crippen molar-refractivity contribution < 1.29 is 4.74 Å². The fourth-order valence-electron chi connectivity index (χ4n) is 1.44. The Hall–Kier alpha value is -0.120. The zero-order valence-electron chi connectivity index (χ0n) is 10.3. The maximum absolute atomic E-state index is 5.13. The Morgan fingerprint density at radius 2 is 2.00 bits per heavy atom. The molecule has 0 saturated carbocycles. The van der Waals surface area contributed by atoms with Crippen molar-refractivity contribution in [2.45, 2.75) is 39.3 Å². The lowest BCUT2D eigenvalue weighted by Gasteiger charge is -2.27. The molecule has 0 aromatic heterocycles. The third-order valence-electron chi connectivity index (χ3n) is 2.46. The summed E-state index contributed by atoms with van der Waals surface area (Å²) in [6.07, 6.45) is 1.20. The number of nitrogens with one attached hydrogen (secondary N) is 1. The number of ether oxygens (including phenoxy) is 1. The van der Waals surface area contributed by atoms with E-state index in [0.29, 0.717) is 12.1 Å². The number of rotatable bonds is 8. The van der Waals surface area contributed by atoms with E-state index < -0.39 is 0 Å². The lowest BCUT2D eigenvalue weighted by molar-refractivity contribution is 0.110. The average molecular weight is 202 g/mol. The Balaban J connectivity index is 3.63. The molecule has 2 unspecified atom stereocenters. The van der Waals surface area contributed by atoms with E-state index in [2.05, 4.69) is 38.0 Å². The number of nitrogens with zero attached hydrogens (tertiary/aromatic N) is 1. The van der Waals surface area contributed by atoms with Crippen LogP contribution in [0.1, 0.15) is 27.2 Å². The number of methoxy groups -OCH3 is 1. The first-order valence-corrected chi connectivity index (χ1v) is 5.54. The van der Waals surface area contributed by atoms with Crippen LogP contribution in [0, 0.1) is 0 Å². The van der Waals surface area contributed by atoms with Crippen LogP contribution in [0.25, 0.3) is 0 Å². The van der Waals surface area contributed by atoms with Crippen molar-refractivity contribution in [3.63, 3.8) is 0 Å². The monoisotopic (exact) mass is 202 g/mol. The van der Waals surface area contributed by atoms with E-state index in [0.717, 1.165) is 19.7 Å². The highest BCUT2D eigenvalue weighted by atomic mass is 16.5. The predicted octanol–water partition coefficient (Wildman–Crippen LogP) is 1.34. The van der Waals surface area contributed by atoms with E-state index in [1.54, 1.807) is 7.11 Å². The molecular weight excluding hydrogens is 176 g/mol. The van der Waals surface area contributed by atoms with Gasteiger partial charge in [-0.15, -0.1) is 0 Å². The first-order valence-electron chi connectivity index (χ1n) is 5.54. The topological polar surface area (TPSA) is 24.5 Å². The van der Waals surface area contributed by atoms with Crippen molar-refractivity contribution in [1.29, 1.82) is 0 Å². The Morgan fingerprint density at radius 1 is 1.36 bits per heavy atom. The highest BCUT2D eigenvalue weighted by Gasteiger charge is 2.11. The van der Waals surface area contributed by atoms with Crippen LogP contribution in [0.4, 0.5) is 0 Å². The maximum Gasteiger partial charge on any atom is 0.0615 e. The van der Waals surface area contributed by atoms with Crippen LogP contribution in [0.2, 0.25) is 0 Å². The summed E-state index contributed by atoms with van der Waals surface area (Å²) in [6.45, 7) is 9.59. The summed E-state index contributed by atoms with van der Waals surface area (Å²) in [6, 6.07) is 1.05. The SMILES string of the molecule is CCCNC(C)CN(C)C(C)COC. The van der Waals surface area contributed by atoms with Crippen molar-refractivity contribution in [1.82, 2.24) is 10.2 Å². The van der Waals surface area contributed by atoms with E-state index in [-0.39, 0.29) is 0 Å². The minimum absolute atomic E-state index is 0.492. The molecule has 3 nitrogen and oxygen atoms in total. The number of hydrogen-bond donors (Lipinski definition) is 1. The van der Waals surface area contributed by atoms with Gasteiger partial charge in [0.2, 0.25) is 0 Å². The van der Waals surface area contributed by atoms with Gasteiger partial charge in [0.25, 0.3) is 0 Å². The Kier molecular flexibility index (Phi) is 8.14. The van der Waals surface area contributed by atoms with E-state index in [4.69, 9.17) is 4.74 Å². The Morgan fingerprint density at radius 3 is 2.50 bits per heavy atom. The second-order valence-electron chi connectivity index (χ2n) is 4.10. The van der Waals surface area contributed by atoms with Crippen molar-refractivity contribution >= 4 is 0 Å². The second kappa shape index (κ2) is 8.21. The Bertz CT molecular complexity index is 130. The van der Waals surface area contributed by atoms with Crippen LogP contribution in [-0.2, 0) is 4.74 Å². The van der Waals surface area contributed by atoms with Crippen LogP contribution in [-0.4, -0.2) is 50.8 Å². The summed E-state index contributed by atoms with van der Waals surface area (Å²) >= 11 is 0. The molecule has 0 aromatic carbocycles. The summed E-state index contributed by atoms with van der Waals surface area (Å²) in [7, 11) is 3.90. The molecule has 86 valence electrons. The largest absolute Gasteiger partial charge is 0.383 e. The first kappa shape index (κ1) is 13.9. The van der Waals surface area contributed by atoms with Crippen LogP contribution in [0.3, 0.4) is 0 Å². The molecule has 0 aromatic rings. The van der Waals surface area contributed by atoms with Gasteiger partial charge in [0.1, 0.15) is 0 Å². The molecule has 0 rings (SSSR count). The van der Waals surface area contributed by atoms with Gasteiger partial charge < -0.3 is 10.1 Å². The van der Waals surface area contributed by atoms with Crippen LogP contribution < -0.4 is 5.32 Å². The molecule has 0 bridgehead atoms. The predicted molar refractivity (Wildman–Crippen MR) is 61.7 cm³/mol. The Labute approximate surface area is 88.8 Å². The summed E-state index contributed by atoms with van der Waals surface area (Å²) in [5.41, 5.74) is 0. The quantitative estimate of drug-likeness (QED) is 0.643. The fourth-order valence-corrected chi connectivity index (χ4v) is 1.44. The van der Waals surface area contributed by atoms with Crippen LogP contribution in [0.15, 0.2) is 0 Å². The maximum atomic E-state index is 5.13. The highest BCUT2D eigenvalue weighted by molar-refractivity contribution is 4.69. The van der Waals surface area contributed by atoms with E-state index in [1.807, 2.05) is 0 Å². The lowest BCUT2D eigenvalue weighted by atomic mass is 10.2. The molecule has 3 heteroatoms. The summed E-state index contributed by atoms with van der Waals surface area (Å²) in [4.78, 5) is 2.33. The molecule has 0 heterocycles. The number of hydrogen-bond acceptors (Lipinski definition) is 3. The van der Waals surface area contributed by atoms with Crippen LogP contribution in [0.5, 0.6) is 0 Å². The van der Waals surface area contributed by atoms with Gasteiger partial charge in [-0.2, -0.15) is 0 Å². The normalized spacial score (nSPS) is 15.9. The molecule has 0 spiro atoms. The van der Waals surface area contributed by atoms with Gasteiger partial charge in [0, 0.05) is 25.7 Å². The van der Waals surface area contributed by atoms with Crippen molar-refractivity contribution in [3.8, 4) is 0 Å². The zero-order chi connectivity index (χ0) is 11.0. The second-order valence-corrected chi connectivity index (χ2v) is 4.10. The molecular formula is C11H26N2O. The molecule has 0 aliphatic rings. The molecule has 0 aliphatic carbocycles. The minimum atomic E-state index is 0.492. The third-order valence-corrected chi connectivity index (χ3v) is 2.46. The highest BCUT2D eigenvalue weighted by Crippen LogP contribution is 1.97. The third kappa shape index (κ3) is 6.35. The lowest BCUT2D eigenvalue weighted by Crippen LogP contribution is -2.42. The van der Waals surface area contributed by atoms with E-state index >= 15 is 0 Å². The fraction of sp³-hybridized carbons (Fsp3) is 1.00. The van der Waals surface area contributed by atoms with Gasteiger partial charge in [-0.05, 0) is 33.9 Å². The molecule has 0 amide bonds. The van der Waals surface area contributed by atoms with Gasteiger partial charge in [-0.1, -0.05) is 6.92 Å². The first-order chi connectivity index (χ1) is 6.61.